The number of sulfone groups is 1. The van der Waals surface area contributed by atoms with Crippen LogP contribution in [-0.4, -0.2) is 31.3 Å². The van der Waals surface area contributed by atoms with Gasteiger partial charge in [-0.05, 0) is 50.5 Å². The lowest BCUT2D eigenvalue weighted by molar-refractivity contribution is 0.0560. The highest BCUT2D eigenvalue weighted by Crippen LogP contribution is 2.44. The van der Waals surface area contributed by atoms with Crippen molar-refractivity contribution < 1.29 is 13.2 Å². The summed E-state index contributed by atoms with van der Waals surface area (Å²) < 4.78 is 25.4. The van der Waals surface area contributed by atoms with Crippen LogP contribution in [0.5, 0.6) is 0 Å². The first-order chi connectivity index (χ1) is 13.3. The highest BCUT2D eigenvalue weighted by molar-refractivity contribution is 7.91. The van der Waals surface area contributed by atoms with Crippen LogP contribution in [0.3, 0.4) is 0 Å². The van der Waals surface area contributed by atoms with E-state index in [1.807, 2.05) is 4.90 Å². The number of carbonyl (C=O) groups excluding carboxylic acids is 1. The Kier molecular flexibility index (Phi) is 5.31. The minimum atomic E-state index is -3.45. The molecule has 2 aliphatic rings. The standard InChI is InChI=1S/C21H24ClNO3S2/c1-13(2)23(16-6-4-3-5-7-16)21(24)18-10-14-12-28(25,26)19-11-15(22)8-9-17(19)20(14)27-18/h8-11,13,16H,3-7,12H2,1-2H3. The second kappa shape index (κ2) is 7.47. The number of amides is 1. The van der Waals surface area contributed by atoms with Gasteiger partial charge >= 0.3 is 0 Å². The van der Waals surface area contributed by atoms with Crippen LogP contribution in [0.1, 0.15) is 61.2 Å². The molecule has 0 saturated heterocycles. The third kappa shape index (κ3) is 3.51. The quantitative estimate of drug-likeness (QED) is 0.633. The van der Waals surface area contributed by atoms with Crippen molar-refractivity contribution in [3.63, 3.8) is 0 Å². The molecule has 4 nitrogen and oxygen atoms in total. The molecular formula is C21H24ClNO3S2. The van der Waals surface area contributed by atoms with Crippen molar-refractivity contribution in [2.24, 2.45) is 0 Å². The topological polar surface area (TPSA) is 54.5 Å². The highest BCUT2D eigenvalue weighted by atomic mass is 35.5. The Bertz CT molecular complexity index is 1020. The first-order valence-electron chi connectivity index (χ1n) is 9.76. The van der Waals surface area contributed by atoms with Crippen molar-refractivity contribution in [2.45, 2.75) is 68.7 Å². The fourth-order valence-electron chi connectivity index (χ4n) is 4.40. The summed E-state index contributed by atoms with van der Waals surface area (Å²) in [5.74, 6) is -0.0564. The van der Waals surface area contributed by atoms with E-state index < -0.39 is 9.84 Å². The second-order valence-electron chi connectivity index (χ2n) is 7.96. The van der Waals surface area contributed by atoms with Crippen molar-refractivity contribution in [3.8, 4) is 10.4 Å². The van der Waals surface area contributed by atoms with E-state index in [0.29, 0.717) is 15.5 Å². The molecule has 1 aromatic carbocycles. The van der Waals surface area contributed by atoms with Gasteiger partial charge in [-0.15, -0.1) is 11.3 Å². The van der Waals surface area contributed by atoms with Gasteiger partial charge in [0.1, 0.15) is 0 Å². The number of thiophene rings is 1. The molecule has 0 N–H and O–H groups in total. The number of fused-ring (bicyclic) bond motifs is 3. The fourth-order valence-corrected chi connectivity index (χ4v) is 7.56. The Morgan fingerprint density at radius 1 is 1.18 bits per heavy atom. The smallest absolute Gasteiger partial charge is 0.264 e. The normalized spacial score (nSPS) is 18.6. The Morgan fingerprint density at radius 2 is 1.89 bits per heavy atom. The third-order valence-corrected chi connectivity index (χ3v) is 8.78. The maximum atomic E-state index is 13.4. The Balaban J connectivity index is 1.74. The maximum Gasteiger partial charge on any atom is 0.264 e. The minimum Gasteiger partial charge on any atom is -0.333 e. The molecule has 1 amide bonds. The zero-order chi connectivity index (χ0) is 20.1. The number of halogens is 1. The lowest BCUT2D eigenvalue weighted by Gasteiger charge is -2.37. The number of nitrogens with zero attached hydrogens (tertiary/aromatic N) is 1. The highest BCUT2D eigenvalue weighted by Gasteiger charge is 2.34. The van der Waals surface area contributed by atoms with Crippen molar-refractivity contribution in [3.05, 3.63) is 39.7 Å². The number of hydrogen-bond acceptors (Lipinski definition) is 4. The van der Waals surface area contributed by atoms with E-state index in [1.54, 1.807) is 18.2 Å². The lowest BCUT2D eigenvalue weighted by atomic mass is 9.93. The van der Waals surface area contributed by atoms with Crippen LogP contribution in [0.2, 0.25) is 5.02 Å². The average Bonchev–Trinajstić information content (AvgIpc) is 3.05. The molecule has 0 atom stereocenters. The molecule has 0 radical (unpaired) electrons. The fraction of sp³-hybridized carbons (Fsp3) is 0.476. The number of benzene rings is 1. The van der Waals surface area contributed by atoms with Crippen molar-refractivity contribution in [1.82, 2.24) is 4.90 Å². The summed E-state index contributed by atoms with van der Waals surface area (Å²) in [5.41, 5.74) is 1.37. The van der Waals surface area contributed by atoms with Gasteiger partial charge in [0, 0.05) is 27.5 Å². The predicted octanol–water partition coefficient (Wildman–Crippen LogP) is 5.54. The molecule has 1 aromatic heterocycles. The largest absolute Gasteiger partial charge is 0.333 e. The van der Waals surface area contributed by atoms with Crippen molar-refractivity contribution >= 4 is 38.7 Å². The van der Waals surface area contributed by atoms with E-state index in [2.05, 4.69) is 13.8 Å². The molecule has 0 unspecified atom stereocenters. The van der Waals surface area contributed by atoms with Crippen LogP contribution in [0.4, 0.5) is 0 Å². The van der Waals surface area contributed by atoms with Gasteiger partial charge in [-0.3, -0.25) is 4.79 Å². The van der Waals surface area contributed by atoms with E-state index in [0.717, 1.165) is 36.1 Å². The molecule has 4 rings (SSSR count). The van der Waals surface area contributed by atoms with E-state index in [1.165, 1.54) is 23.8 Å². The van der Waals surface area contributed by atoms with Crippen LogP contribution in [-0.2, 0) is 15.6 Å². The summed E-state index contributed by atoms with van der Waals surface area (Å²) in [6, 6.07) is 7.14. The summed E-state index contributed by atoms with van der Waals surface area (Å²) in [6.07, 6.45) is 5.65. The molecule has 0 spiro atoms. The molecule has 1 aliphatic heterocycles. The predicted molar refractivity (Wildman–Crippen MR) is 114 cm³/mol. The van der Waals surface area contributed by atoms with Crippen LogP contribution < -0.4 is 0 Å². The molecule has 150 valence electrons. The van der Waals surface area contributed by atoms with E-state index in [4.69, 9.17) is 11.6 Å². The Hall–Kier alpha value is -1.37. The summed E-state index contributed by atoms with van der Waals surface area (Å²) >= 11 is 7.43. The van der Waals surface area contributed by atoms with Crippen molar-refractivity contribution in [1.29, 1.82) is 0 Å². The molecular weight excluding hydrogens is 414 g/mol. The molecule has 1 fully saturated rings. The average molecular weight is 438 g/mol. The minimum absolute atomic E-state index is 0.0224. The molecule has 7 heteroatoms. The molecule has 1 saturated carbocycles. The van der Waals surface area contributed by atoms with Crippen LogP contribution in [0.15, 0.2) is 29.2 Å². The number of hydrogen-bond donors (Lipinski definition) is 0. The summed E-state index contributed by atoms with van der Waals surface area (Å²) in [6.45, 7) is 4.11. The SMILES string of the molecule is CC(C)N(C(=O)c1cc2c(s1)-c1ccc(Cl)cc1S(=O)(=O)C2)C1CCCCC1. The van der Waals surface area contributed by atoms with Gasteiger partial charge in [0.15, 0.2) is 9.84 Å². The van der Waals surface area contributed by atoms with E-state index in [-0.39, 0.29) is 28.6 Å². The van der Waals surface area contributed by atoms with Gasteiger partial charge in [0.2, 0.25) is 0 Å². The Labute approximate surface area is 175 Å². The van der Waals surface area contributed by atoms with Gasteiger partial charge in [-0.2, -0.15) is 0 Å². The number of carbonyl (C=O) groups is 1. The van der Waals surface area contributed by atoms with Gasteiger partial charge in [-0.1, -0.05) is 36.9 Å². The van der Waals surface area contributed by atoms with E-state index >= 15 is 0 Å². The molecule has 0 bridgehead atoms. The summed E-state index contributed by atoms with van der Waals surface area (Å²) in [4.78, 5) is 17.2. The summed E-state index contributed by atoms with van der Waals surface area (Å²) in [7, 11) is -3.45. The Morgan fingerprint density at radius 3 is 2.57 bits per heavy atom. The lowest BCUT2D eigenvalue weighted by Crippen LogP contribution is -2.45. The third-order valence-electron chi connectivity index (χ3n) is 5.65. The van der Waals surface area contributed by atoms with Crippen LogP contribution in [0.25, 0.3) is 10.4 Å². The van der Waals surface area contributed by atoms with Crippen LogP contribution in [0, 0.1) is 0 Å². The van der Waals surface area contributed by atoms with E-state index in [9.17, 15) is 13.2 Å². The van der Waals surface area contributed by atoms with Gasteiger partial charge < -0.3 is 4.90 Å². The summed E-state index contributed by atoms with van der Waals surface area (Å²) in [5, 5.41) is 0.405. The molecule has 28 heavy (non-hydrogen) atoms. The first-order valence-corrected chi connectivity index (χ1v) is 12.6. The zero-order valence-corrected chi connectivity index (χ0v) is 18.5. The number of rotatable bonds is 3. The first kappa shape index (κ1) is 19.9. The van der Waals surface area contributed by atoms with Gasteiger partial charge in [-0.25, -0.2) is 8.42 Å². The van der Waals surface area contributed by atoms with Crippen LogP contribution >= 0.6 is 22.9 Å². The monoisotopic (exact) mass is 437 g/mol. The zero-order valence-electron chi connectivity index (χ0n) is 16.1. The molecule has 2 aromatic rings. The molecule has 2 heterocycles. The second-order valence-corrected chi connectivity index (χ2v) is 11.4. The van der Waals surface area contributed by atoms with Crippen molar-refractivity contribution in [2.75, 3.05) is 0 Å². The van der Waals surface area contributed by atoms with Gasteiger partial charge in [0.05, 0.1) is 15.5 Å². The van der Waals surface area contributed by atoms with Gasteiger partial charge in [0.25, 0.3) is 5.91 Å². The molecule has 1 aliphatic carbocycles. The maximum absolute atomic E-state index is 13.4.